The molecule has 27 heavy (non-hydrogen) atoms. The molecule has 0 saturated carbocycles. The van der Waals surface area contributed by atoms with Gasteiger partial charge in [0.25, 0.3) is 10.0 Å². The zero-order valence-corrected chi connectivity index (χ0v) is 16.3. The van der Waals surface area contributed by atoms with Gasteiger partial charge in [-0.3, -0.25) is 0 Å². The molecule has 1 aromatic heterocycles. The van der Waals surface area contributed by atoms with Crippen LogP contribution in [0.1, 0.15) is 36.8 Å². The quantitative estimate of drug-likeness (QED) is 0.732. The van der Waals surface area contributed by atoms with Gasteiger partial charge in [0.15, 0.2) is 0 Å². The molecule has 1 fully saturated rings. The largest absolute Gasteiger partial charge is 0.313 e. The summed E-state index contributed by atoms with van der Waals surface area (Å²) in [6, 6.07) is 11.4. The van der Waals surface area contributed by atoms with Crippen molar-refractivity contribution >= 4 is 20.9 Å². The normalized spacial score (nSPS) is 18.9. The summed E-state index contributed by atoms with van der Waals surface area (Å²) in [4.78, 5) is 0.229. The minimum absolute atomic E-state index is 0.0891. The maximum Gasteiger partial charge on any atom is 0.268 e. The Labute approximate surface area is 159 Å². The maximum atomic E-state index is 14.0. The van der Waals surface area contributed by atoms with Gasteiger partial charge in [-0.25, -0.2) is 16.8 Å². The molecule has 3 aromatic rings. The molecule has 1 saturated heterocycles. The van der Waals surface area contributed by atoms with Crippen LogP contribution in [0, 0.1) is 12.7 Å². The SMILES string of the molecule is Cc1ccc(S(=O)(=O)n2cc(C(C)C3CCCN3)c3cc(F)ccc32)cc1. The van der Waals surface area contributed by atoms with E-state index >= 15 is 0 Å². The van der Waals surface area contributed by atoms with Gasteiger partial charge in [-0.05, 0) is 68.1 Å². The monoisotopic (exact) mass is 386 g/mol. The second-order valence-electron chi connectivity index (χ2n) is 7.35. The van der Waals surface area contributed by atoms with Gasteiger partial charge < -0.3 is 5.32 Å². The number of fused-ring (bicyclic) bond motifs is 1. The predicted octanol–water partition coefficient (Wildman–Crippen LogP) is 4.18. The summed E-state index contributed by atoms with van der Waals surface area (Å²) in [7, 11) is -3.76. The van der Waals surface area contributed by atoms with Crippen molar-refractivity contribution in [2.75, 3.05) is 6.54 Å². The number of hydrogen-bond donors (Lipinski definition) is 1. The third-order valence-electron chi connectivity index (χ3n) is 5.53. The first-order chi connectivity index (χ1) is 12.9. The fourth-order valence-electron chi connectivity index (χ4n) is 3.94. The number of hydrogen-bond acceptors (Lipinski definition) is 3. The first-order valence-electron chi connectivity index (χ1n) is 9.24. The first-order valence-corrected chi connectivity index (χ1v) is 10.7. The highest BCUT2D eigenvalue weighted by atomic mass is 32.2. The Hall–Kier alpha value is -2.18. The summed E-state index contributed by atoms with van der Waals surface area (Å²) in [6.45, 7) is 4.95. The lowest BCUT2D eigenvalue weighted by molar-refractivity contribution is 0.519. The molecule has 2 heterocycles. The van der Waals surface area contributed by atoms with Crippen LogP contribution in [0.2, 0.25) is 0 Å². The Bertz CT molecular complexity index is 1080. The smallest absolute Gasteiger partial charge is 0.268 e. The molecule has 0 spiro atoms. The number of aromatic nitrogens is 1. The van der Waals surface area contributed by atoms with Crippen molar-refractivity contribution < 1.29 is 12.8 Å². The molecule has 1 aliphatic heterocycles. The van der Waals surface area contributed by atoms with Crippen LogP contribution >= 0.6 is 0 Å². The lowest BCUT2D eigenvalue weighted by Crippen LogP contribution is -2.27. The zero-order valence-electron chi connectivity index (χ0n) is 15.4. The summed E-state index contributed by atoms with van der Waals surface area (Å²) < 4.78 is 41.8. The molecule has 2 unspecified atom stereocenters. The van der Waals surface area contributed by atoms with Crippen molar-refractivity contribution in [3.8, 4) is 0 Å². The number of nitrogens with zero attached hydrogens (tertiary/aromatic N) is 1. The Morgan fingerprint density at radius 2 is 1.93 bits per heavy atom. The summed E-state index contributed by atoms with van der Waals surface area (Å²) in [5, 5.41) is 4.13. The van der Waals surface area contributed by atoms with E-state index < -0.39 is 10.0 Å². The van der Waals surface area contributed by atoms with Crippen LogP contribution in [0.4, 0.5) is 4.39 Å². The van der Waals surface area contributed by atoms with E-state index in [4.69, 9.17) is 0 Å². The fourth-order valence-corrected chi connectivity index (χ4v) is 5.32. The van der Waals surface area contributed by atoms with E-state index in [0.717, 1.165) is 30.5 Å². The predicted molar refractivity (Wildman–Crippen MR) is 105 cm³/mol. The first kappa shape index (κ1) is 18.2. The van der Waals surface area contributed by atoms with Gasteiger partial charge in [0.1, 0.15) is 5.82 Å². The number of nitrogens with one attached hydrogen (secondary N) is 1. The summed E-state index contributed by atoms with van der Waals surface area (Å²) in [6.07, 6.45) is 3.81. The van der Waals surface area contributed by atoms with E-state index in [2.05, 4.69) is 12.2 Å². The molecule has 0 radical (unpaired) electrons. The van der Waals surface area contributed by atoms with Gasteiger partial charge in [0, 0.05) is 17.6 Å². The topological polar surface area (TPSA) is 51.1 Å². The summed E-state index contributed by atoms with van der Waals surface area (Å²) in [5.74, 6) is -0.271. The Kier molecular flexibility index (Phi) is 4.56. The summed E-state index contributed by atoms with van der Waals surface area (Å²) >= 11 is 0. The van der Waals surface area contributed by atoms with Crippen molar-refractivity contribution in [2.24, 2.45) is 0 Å². The van der Waals surface area contributed by atoms with Crippen LogP contribution in [0.25, 0.3) is 10.9 Å². The Morgan fingerprint density at radius 3 is 2.59 bits per heavy atom. The second-order valence-corrected chi connectivity index (χ2v) is 9.17. The molecule has 2 atom stereocenters. The molecular formula is C21H23FN2O2S. The zero-order chi connectivity index (χ0) is 19.2. The van der Waals surface area contributed by atoms with E-state index in [1.807, 2.05) is 6.92 Å². The molecular weight excluding hydrogens is 363 g/mol. The molecule has 142 valence electrons. The maximum absolute atomic E-state index is 14.0. The minimum Gasteiger partial charge on any atom is -0.313 e. The third kappa shape index (κ3) is 3.17. The van der Waals surface area contributed by atoms with E-state index in [-0.39, 0.29) is 22.7 Å². The van der Waals surface area contributed by atoms with E-state index in [0.29, 0.717) is 10.9 Å². The standard InChI is InChI=1S/C21H23FN2O2S/c1-14-5-8-17(9-6-14)27(25,26)24-13-19(15(2)20-4-3-11-23-20)18-12-16(22)7-10-21(18)24/h5-10,12-13,15,20,23H,3-4,11H2,1-2H3. The number of rotatable bonds is 4. The van der Waals surface area contributed by atoms with Crippen molar-refractivity contribution in [1.82, 2.24) is 9.29 Å². The number of halogens is 1. The van der Waals surface area contributed by atoms with Gasteiger partial charge in [0.05, 0.1) is 10.4 Å². The van der Waals surface area contributed by atoms with Crippen molar-refractivity contribution in [1.29, 1.82) is 0 Å². The highest BCUT2D eigenvalue weighted by Gasteiger charge is 2.28. The van der Waals surface area contributed by atoms with Gasteiger partial charge in [-0.15, -0.1) is 0 Å². The molecule has 0 aliphatic carbocycles. The van der Waals surface area contributed by atoms with Crippen LogP contribution in [-0.2, 0) is 10.0 Å². The average Bonchev–Trinajstić information content (AvgIpc) is 3.29. The molecule has 4 rings (SSSR count). The fraction of sp³-hybridized carbons (Fsp3) is 0.333. The summed E-state index contributed by atoms with van der Waals surface area (Å²) in [5.41, 5.74) is 2.37. The van der Waals surface area contributed by atoms with Crippen molar-refractivity contribution in [3.63, 3.8) is 0 Å². The lowest BCUT2D eigenvalue weighted by atomic mass is 9.92. The van der Waals surface area contributed by atoms with Crippen LogP contribution < -0.4 is 5.32 Å². The van der Waals surface area contributed by atoms with Gasteiger partial charge in [-0.1, -0.05) is 24.6 Å². The van der Waals surface area contributed by atoms with Crippen LogP contribution in [0.5, 0.6) is 0 Å². The van der Waals surface area contributed by atoms with Crippen LogP contribution in [0.3, 0.4) is 0 Å². The van der Waals surface area contributed by atoms with Crippen LogP contribution in [0.15, 0.2) is 53.6 Å². The lowest BCUT2D eigenvalue weighted by Gasteiger charge is -2.19. The van der Waals surface area contributed by atoms with E-state index in [1.54, 1.807) is 36.5 Å². The third-order valence-corrected chi connectivity index (χ3v) is 7.22. The second kappa shape index (κ2) is 6.77. The van der Waals surface area contributed by atoms with Crippen LogP contribution in [-0.4, -0.2) is 25.0 Å². The Balaban J connectivity index is 1.89. The Morgan fingerprint density at radius 1 is 1.19 bits per heavy atom. The van der Waals surface area contributed by atoms with Gasteiger partial charge in [-0.2, -0.15) is 0 Å². The molecule has 6 heteroatoms. The molecule has 4 nitrogen and oxygen atoms in total. The van der Waals surface area contributed by atoms with E-state index in [9.17, 15) is 12.8 Å². The van der Waals surface area contributed by atoms with Gasteiger partial charge >= 0.3 is 0 Å². The average molecular weight is 386 g/mol. The number of aryl methyl sites for hydroxylation is 1. The van der Waals surface area contributed by atoms with E-state index in [1.165, 1.54) is 16.1 Å². The number of benzene rings is 2. The molecule has 0 bridgehead atoms. The molecule has 1 N–H and O–H groups in total. The van der Waals surface area contributed by atoms with Gasteiger partial charge in [0.2, 0.25) is 0 Å². The van der Waals surface area contributed by atoms with Crippen molar-refractivity contribution in [2.45, 2.75) is 43.5 Å². The highest BCUT2D eigenvalue weighted by Crippen LogP contribution is 2.34. The molecule has 1 aliphatic rings. The highest BCUT2D eigenvalue weighted by molar-refractivity contribution is 7.90. The minimum atomic E-state index is -3.76. The molecule has 0 amide bonds. The molecule has 2 aromatic carbocycles. The van der Waals surface area contributed by atoms with Crippen molar-refractivity contribution in [3.05, 3.63) is 65.6 Å².